The molecule has 0 bridgehead atoms. The van der Waals surface area contributed by atoms with Crippen LogP contribution in [0.15, 0.2) is 53.0 Å². The Balaban J connectivity index is 1.72. The van der Waals surface area contributed by atoms with Crippen LogP contribution in [0, 0.1) is 0 Å². The standard InChI is InChI=1S/C19H20BrN3S/c1-2-5-18-21-12-14-6-3-4-7-15(14)13-22(21)19(24)23(18)17-10-8-16(20)9-11-17/h3-4,6-11,18H,2,5,12-13H2,1H3. The molecule has 0 saturated carbocycles. The quantitative estimate of drug-likeness (QED) is 0.675. The first-order valence-corrected chi connectivity index (χ1v) is 9.59. The predicted molar refractivity (Wildman–Crippen MR) is 105 cm³/mol. The summed E-state index contributed by atoms with van der Waals surface area (Å²) in [5.74, 6) is 0. The van der Waals surface area contributed by atoms with Crippen LogP contribution in [-0.2, 0) is 13.1 Å². The highest BCUT2D eigenvalue weighted by molar-refractivity contribution is 9.10. The van der Waals surface area contributed by atoms with Crippen LogP contribution >= 0.6 is 28.1 Å². The van der Waals surface area contributed by atoms with Crippen molar-refractivity contribution in [3.05, 3.63) is 64.1 Å². The van der Waals surface area contributed by atoms with Crippen LogP contribution in [0.25, 0.3) is 0 Å². The van der Waals surface area contributed by atoms with E-state index in [-0.39, 0.29) is 6.17 Å². The van der Waals surface area contributed by atoms with E-state index in [2.05, 4.69) is 86.3 Å². The van der Waals surface area contributed by atoms with Crippen LogP contribution < -0.4 is 4.90 Å². The first-order valence-electron chi connectivity index (χ1n) is 8.38. The van der Waals surface area contributed by atoms with Crippen molar-refractivity contribution in [2.24, 2.45) is 0 Å². The highest BCUT2D eigenvalue weighted by atomic mass is 79.9. The lowest BCUT2D eigenvalue weighted by atomic mass is 10.1. The molecule has 4 rings (SSSR count). The molecule has 1 atom stereocenters. The van der Waals surface area contributed by atoms with Gasteiger partial charge in [-0.05, 0) is 54.0 Å². The van der Waals surface area contributed by atoms with Gasteiger partial charge in [0.25, 0.3) is 0 Å². The van der Waals surface area contributed by atoms with Crippen molar-refractivity contribution in [2.45, 2.75) is 39.0 Å². The van der Waals surface area contributed by atoms with E-state index in [4.69, 9.17) is 12.2 Å². The summed E-state index contributed by atoms with van der Waals surface area (Å²) < 4.78 is 1.09. The summed E-state index contributed by atoms with van der Waals surface area (Å²) in [6.07, 6.45) is 2.51. The molecule has 1 unspecified atom stereocenters. The predicted octanol–water partition coefficient (Wildman–Crippen LogP) is 4.91. The van der Waals surface area contributed by atoms with Crippen molar-refractivity contribution in [3.63, 3.8) is 0 Å². The Bertz CT molecular complexity index is 761. The maximum atomic E-state index is 5.87. The average molecular weight is 402 g/mol. The zero-order valence-corrected chi connectivity index (χ0v) is 16.1. The van der Waals surface area contributed by atoms with E-state index in [9.17, 15) is 0 Å². The largest absolute Gasteiger partial charge is 0.300 e. The number of hydrogen-bond acceptors (Lipinski definition) is 2. The molecule has 0 aromatic heterocycles. The molecule has 5 heteroatoms. The fourth-order valence-corrected chi connectivity index (χ4v) is 4.29. The maximum absolute atomic E-state index is 5.87. The van der Waals surface area contributed by atoms with Gasteiger partial charge in [-0.3, -0.25) is 9.91 Å². The average Bonchev–Trinajstić information content (AvgIpc) is 2.86. The number of anilines is 1. The van der Waals surface area contributed by atoms with Gasteiger partial charge in [-0.25, -0.2) is 0 Å². The number of halogens is 1. The molecule has 24 heavy (non-hydrogen) atoms. The van der Waals surface area contributed by atoms with Gasteiger partial charge in [0.1, 0.15) is 6.17 Å². The first-order chi connectivity index (χ1) is 11.7. The van der Waals surface area contributed by atoms with Crippen molar-refractivity contribution < 1.29 is 0 Å². The fourth-order valence-electron chi connectivity index (χ4n) is 3.63. The molecule has 2 aromatic rings. The smallest absolute Gasteiger partial charge is 0.192 e. The molecule has 1 fully saturated rings. The topological polar surface area (TPSA) is 9.72 Å². The van der Waals surface area contributed by atoms with Gasteiger partial charge in [-0.1, -0.05) is 53.5 Å². The number of nitrogens with zero attached hydrogens (tertiary/aromatic N) is 3. The number of hydrazine groups is 1. The second-order valence-corrected chi connectivity index (χ2v) is 7.60. The Morgan fingerprint density at radius 3 is 2.38 bits per heavy atom. The Kier molecular flexibility index (Phi) is 4.33. The second kappa shape index (κ2) is 6.47. The van der Waals surface area contributed by atoms with Crippen molar-refractivity contribution in [2.75, 3.05) is 4.90 Å². The Morgan fingerprint density at radius 1 is 1.04 bits per heavy atom. The molecule has 0 radical (unpaired) electrons. The van der Waals surface area contributed by atoms with E-state index in [0.717, 1.165) is 35.5 Å². The monoisotopic (exact) mass is 401 g/mol. The third kappa shape index (κ3) is 2.65. The molecule has 2 aliphatic rings. The minimum atomic E-state index is 0.289. The summed E-state index contributed by atoms with van der Waals surface area (Å²) in [6, 6.07) is 17.2. The van der Waals surface area contributed by atoms with Crippen LogP contribution in [0.3, 0.4) is 0 Å². The van der Waals surface area contributed by atoms with Gasteiger partial charge in [-0.15, -0.1) is 0 Å². The summed E-state index contributed by atoms with van der Waals surface area (Å²) in [5.41, 5.74) is 3.96. The van der Waals surface area contributed by atoms with Crippen molar-refractivity contribution in [1.82, 2.24) is 10.0 Å². The highest BCUT2D eigenvalue weighted by Gasteiger charge is 2.43. The van der Waals surface area contributed by atoms with Crippen LogP contribution in [-0.4, -0.2) is 21.3 Å². The van der Waals surface area contributed by atoms with Crippen LogP contribution in [0.5, 0.6) is 0 Å². The summed E-state index contributed by atoms with van der Waals surface area (Å²) in [5, 5.41) is 5.63. The van der Waals surface area contributed by atoms with Gasteiger partial charge in [0.2, 0.25) is 0 Å². The van der Waals surface area contributed by atoms with Gasteiger partial charge in [-0.2, -0.15) is 5.01 Å². The zero-order valence-electron chi connectivity index (χ0n) is 13.7. The number of fused-ring (bicyclic) bond motifs is 2. The molecule has 124 valence electrons. The van der Waals surface area contributed by atoms with Gasteiger partial charge < -0.3 is 0 Å². The van der Waals surface area contributed by atoms with Gasteiger partial charge >= 0.3 is 0 Å². The third-order valence-corrected chi connectivity index (χ3v) is 5.74. The van der Waals surface area contributed by atoms with Crippen LogP contribution in [0.1, 0.15) is 30.9 Å². The minimum Gasteiger partial charge on any atom is -0.300 e. The molecule has 2 heterocycles. The molecular formula is C19H20BrN3S. The fraction of sp³-hybridized carbons (Fsp3) is 0.316. The van der Waals surface area contributed by atoms with Gasteiger partial charge in [0.15, 0.2) is 5.11 Å². The minimum absolute atomic E-state index is 0.289. The van der Waals surface area contributed by atoms with E-state index in [1.54, 1.807) is 0 Å². The third-order valence-electron chi connectivity index (χ3n) is 4.80. The SMILES string of the molecule is CCCC1N(c2ccc(Br)cc2)C(=S)N2Cc3ccccc3CN12. The summed E-state index contributed by atoms with van der Waals surface area (Å²) >= 11 is 9.40. The lowest BCUT2D eigenvalue weighted by Crippen LogP contribution is -2.45. The molecule has 2 aromatic carbocycles. The maximum Gasteiger partial charge on any atom is 0.192 e. The molecule has 0 spiro atoms. The van der Waals surface area contributed by atoms with E-state index in [1.165, 1.54) is 16.8 Å². The number of thiocarbonyl (C=S) groups is 1. The summed E-state index contributed by atoms with van der Waals surface area (Å²) in [7, 11) is 0. The van der Waals surface area contributed by atoms with Crippen molar-refractivity contribution >= 4 is 38.9 Å². The Morgan fingerprint density at radius 2 is 1.71 bits per heavy atom. The lowest BCUT2D eigenvalue weighted by molar-refractivity contribution is 0.00448. The molecule has 0 aliphatic carbocycles. The van der Waals surface area contributed by atoms with Gasteiger partial charge in [0.05, 0.1) is 6.54 Å². The van der Waals surface area contributed by atoms with Crippen LogP contribution in [0.4, 0.5) is 5.69 Å². The van der Waals surface area contributed by atoms with Crippen LogP contribution in [0.2, 0.25) is 0 Å². The molecule has 3 nitrogen and oxygen atoms in total. The first kappa shape index (κ1) is 16.1. The van der Waals surface area contributed by atoms with Crippen molar-refractivity contribution in [1.29, 1.82) is 0 Å². The molecule has 0 N–H and O–H groups in total. The van der Waals surface area contributed by atoms with E-state index >= 15 is 0 Å². The van der Waals surface area contributed by atoms with E-state index in [0.29, 0.717) is 0 Å². The second-order valence-electron chi connectivity index (χ2n) is 6.32. The zero-order chi connectivity index (χ0) is 16.7. The molecule has 2 aliphatic heterocycles. The van der Waals surface area contributed by atoms with E-state index in [1.807, 2.05) is 0 Å². The summed E-state index contributed by atoms with van der Waals surface area (Å²) in [6.45, 7) is 4.03. The van der Waals surface area contributed by atoms with Crippen molar-refractivity contribution in [3.8, 4) is 0 Å². The van der Waals surface area contributed by atoms with E-state index < -0.39 is 0 Å². The van der Waals surface area contributed by atoms with Gasteiger partial charge in [0, 0.05) is 16.7 Å². The number of hydrogen-bond donors (Lipinski definition) is 0. The number of rotatable bonds is 3. The normalized spacial score (nSPS) is 20.2. The number of benzene rings is 2. The molecule has 1 saturated heterocycles. The summed E-state index contributed by atoms with van der Waals surface area (Å²) in [4.78, 5) is 2.32. The lowest BCUT2D eigenvalue weighted by Gasteiger charge is -2.36. The molecule has 0 amide bonds. The highest BCUT2D eigenvalue weighted by Crippen LogP contribution is 2.36. The Hall–Kier alpha value is -1.43. The molecular weight excluding hydrogens is 382 g/mol. The Labute approximate surface area is 157 Å².